The average molecular weight is 221 g/mol. The maximum Gasteiger partial charge on any atom is 0.0631 e. The largest absolute Gasteiger partial charge is 0.327 e. The summed E-state index contributed by atoms with van der Waals surface area (Å²) in [6.45, 7) is 11.9. The summed E-state index contributed by atoms with van der Waals surface area (Å²) in [6.07, 6.45) is 1.10. The van der Waals surface area contributed by atoms with Crippen LogP contribution in [-0.4, -0.2) is 15.8 Å². The molecule has 1 aromatic heterocycles. The Hall–Kier alpha value is -0.830. The van der Waals surface area contributed by atoms with Crippen LogP contribution < -0.4 is 5.73 Å². The van der Waals surface area contributed by atoms with Crippen molar-refractivity contribution in [3.63, 3.8) is 0 Å². The molecule has 2 N–H and O–H groups in total. The molecule has 1 saturated carbocycles. The van der Waals surface area contributed by atoms with Crippen LogP contribution in [0.25, 0.3) is 0 Å². The monoisotopic (exact) mass is 221 g/mol. The fourth-order valence-electron chi connectivity index (χ4n) is 2.97. The van der Waals surface area contributed by atoms with Crippen LogP contribution in [0.5, 0.6) is 0 Å². The van der Waals surface area contributed by atoms with Gasteiger partial charge in [-0.1, -0.05) is 13.8 Å². The van der Waals surface area contributed by atoms with Gasteiger partial charge in [0, 0.05) is 18.3 Å². The highest BCUT2D eigenvalue weighted by molar-refractivity contribution is 5.34. The summed E-state index contributed by atoms with van der Waals surface area (Å²) in [7, 11) is 0. The van der Waals surface area contributed by atoms with Gasteiger partial charge in [0.05, 0.1) is 5.69 Å². The minimum atomic E-state index is 0.219. The summed E-state index contributed by atoms with van der Waals surface area (Å²) in [5.41, 5.74) is 10.3. The third-order valence-corrected chi connectivity index (χ3v) is 4.43. The average Bonchev–Trinajstić information content (AvgIpc) is 2.51. The fourth-order valence-corrected chi connectivity index (χ4v) is 2.97. The van der Waals surface area contributed by atoms with Crippen LogP contribution in [0.1, 0.15) is 50.1 Å². The molecule has 0 radical (unpaired) electrons. The number of aromatic nitrogens is 2. The molecule has 2 unspecified atom stereocenters. The lowest BCUT2D eigenvalue weighted by atomic mass is 9.56. The predicted octanol–water partition coefficient (Wildman–Crippen LogP) is 2.36. The third kappa shape index (κ3) is 1.41. The molecule has 0 amide bonds. The topological polar surface area (TPSA) is 43.8 Å². The van der Waals surface area contributed by atoms with Gasteiger partial charge in [-0.2, -0.15) is 5.10 Å². The van der Waals surface area contributed by atoms with Crippen molar-refractivity contribution in [1.29, 1.82) is 0 Å². The summed E-state index contributed by atoms with van der Waals surface area (Å²) in [5.74, 6) is 0.586. The second-order valence-electron chi connectivity index (χ2n) is 5.62. The Kier molecular flexibility index (Phi) is 2.61. The normalized spacial score (nSPS) is 27.9. The van der Waals surface area contributed by atoms with Gasteiger partial charge in [-0.05, 0) is 44.1 Å². The molecule has 16 heavy (non-hydrogen) atoms. The van der Waals surface area contributed by atoms with Crippen molar-refractivity contribution in [2.24, 2.45) is 11.1 Å². The molecular weight excluding hydrogens is 198 g/mol. The molecule has 1 aromatic rings. The molecule has 0 bridgehead atoms. The second-order valence-corrected chi connectivity index (χ2v) is 5.62. The molecule has 2 rings (SSSR count). The number of hydrogen-bond acceptors (Lipinski definition) is 2. The molecule has 0 aliphatic heterocycles. The van der Waals surface area contributed by atoms with Crippen molar-refractivity contribution in [2.75, 3.05) is 0 Å². The van der Waals surface area contributed by atoms with E-state index < -0.39 is 0 Å². The van der Waals surface area contributed by atoms with Crippen molar-refractivity contribution in [2.45, 2.75) is 59.5 Å². The molecule has 1 heterocycles. The van der Waals surface area contributed by atoms with Crippen molar-refractivity contribution in [1.82, 2.24) is 9.78 Å². The van der Waals surface area contributed by atoms with Gasteiger partial charge < -0.3 is 5.73 Å². The highest BCUT2D eigenvalue weighted by Crippen LogP contribution is 2.52. The van der Waals surface area contributed by atoms with E-state index in [9.17, 15) is 0 Å². The predicted molar refractivity (Wildman–Crippen MR) is 66.5 cm³/mol. The van der Waals surface area contributed by atoms with Crippen molar-refractivity contribution < 1.29 is 0 Å². The zero-order valence-electron chi connectivity index (χ0n) is 11.0. The van der Waals surface area contributed by atoms with Crippen molar-refractivity contribution >= 4 is 0 Å². The van der Waals surface area contributed by atoms with E-state index in [1.165, 1.54) is 17.0 Å². The van der Waals surface area contributed by atoms with Gasteiger partial charge in [-0.25, -0.2) is 0 Å². The van der Waals surface area contributed by atoms with Gasteiger partial charge in [0.15, 0.2) is 0 Å². The highest BCUT2D eigenvalue weighted by Gasteiger charge is 2.48. The maximum absolute atomic E-state index is 6.10. The Balaban J connectivity index is 2.39. The van der Waals surface area contributed by atoms with E-state index in [2.05, 4.69) is 44.4 Å². The molecule has 90 valence electrons. The van der Waals surface area contributed by atoms with Crippen molar-refractivity contribution in [3.8, 4) is 0 Å². The summed E-state index contributed by atoms with van der Waals surface area (Å²) in [4.78, 5) is 0. The van der Waals surface area contributed by atoms with Crippen LogP contribution in [-0.2, 0) is 6.54 Å². The minimum Gasteiger partial charge on any atom is -0.327 e. The van der Waals surface area contributed by atoms with Crippen LogP contribution in [0.15, 0.2) is 0 Å². The van der Waals surface area contributed by atoms with Gasteiger partial charge in [-0.3, -0.25) is 4.68 Å². The molecule has 1 fully saturated rings. The van der Waals surface area contributed by atoms with Crippen LogP contribution >= 0.6 is 0 Å². The van der Waals surface area contributed by atoms with Crippen molar-refractivity contribution in [3.05, 3.63) is 17.0 Å². The summed E-state index contributed by atoms with van der Waals surface area (Å²) in [6, 6.07) is 0.335. The number of rotatable bonds is 2. The first kappa shape index (κ1) is 11.6. The highest BCUT2D eigenvalue weighted by atomic mass is 15.3. The molecule has 3 nitrogen and oxygen atoms in total. The molecule has 0 saturated heterocycles. The van der Waals surface area contributed by atoms with Gasteiger partial charge >= 0.3 is 0 Å². The maximum atomic E-state index is 6.10. The Labute approximate surface area is 98.0 Å². The number of nitrogens with two attached hydrogens (primary N) is 1. The van der Waals surface area contributed by atoms with E-state index in [0.717, 1.165) is 13.0 Å². The third-order valence-electron chi connectivity index (χ3n) is 4.43. The zero-order chi connectivity index (χ0) is 12.1. The van der Waals surface area contributed by atoms with Crippen LogP contribution in [0, 0.1) is 19.3 Å². The minimum absolute atomic E-state index is 0.219. The summed E-state index contributed by atoms with van der Waals surface area (Å²) >= 11 is 0. The van der Waals surface area contributed by atoms with Crippen LogP contribution in [0.2, 0.25) is 0 Å². The molecule has 1 aliphatic carbocycles. The number of nitrogens with zero attached hydrogens (tertiary/aromatic N) is 2. The molecule has 0 spiro atoms. The molecule has 3 heteroatoms. The Morgan fingerprint density at radius 2 is 2.06 bits per heavy atom. The van der Waals surface area contributed by atoms with Gasteiger partial charge in [-0.15, -0.1) is 0 Å². The standard InChI is InChI=1S/C13H23N3/c1-6-16-9(3)12(8(2)15-16)10-7-11(14)13(10,4)5/h10-11H,6-7,14H2,1-5H3. The van der Waals surface area contributed by atoms with Gasteiger partial charge in [0.25, 0.3) is 0 Å². The second kappa shape index (κ2) is 3.59. The summed E-state index contributed by atoms with van der Waals surface area (Å²) in [5, 5.41) is 4.60. The smallest absolute Gasteiger partial charge is 0.0631 e. The Bertz CT molecular complexity index is 404. The number of aryl methyl sites for hydroxylation is 2. The van der Waals surface area contributed by atoms with Crippen LogP contribution in [0.4, 0.5) is 0 Å². The van der Waals surface area contributed by atoms with Gasteiger partial charge in [0.1, 0.15) is 0 Å². The van der Waals surface area contributed by atoms with E-state index >= 15 is 0 Å². The Morgan fingerprint density at radius 3 is 2.44 bits per heavy atom. The summed E-state index contributed by atoms with van der Waals surface area (Å²) < 4.78 is 2.10. The van der Waals surface area contributed by atoms with Crippen LogP contribution in [0.3, 0.4) is 0 Å². The van der Waals surface area contributed by atoms with Gasteiger partial charge in [0.2, 0.25) is 0 Å². The van der Waals surface area contributed by atoms with E-state index in [4.69, 9.17) is 5.73 Å². The molecular formula is C13H23N3. The van der Waals surface area contributed by atoms with E-state index in [1.54, 1.807) is 0 Å². The molecule has 1 aliphatic rings. The first-order chi connectivity index (χ1) is 7.39. The lowest BCUT2D eigenvalue weighted by Crippen LogP contribution is -2.53. The fraction of sp³-hybridized carbons (Fsp3) is 0.769. The lowest BCUT2D eigenvalue weighted by molar-refractivity contribution is 0.0974. The lowest BCUT2D eigenvalue weighted by Gasteiger charge is -2.50. The number of hydrogen-bond donors (Lipinski definition) is 1. The molecule has 0 aromatic carbocycles. The van der Waals surface area contributed by atoms with E-state index in [-0.39, 0.29) is 5.41 Å². The van der Waals surface area contributed by atoms with E-state index in [1.807, 2.05) is 0 Å². The molecule has 2 atom stereocenters. The zero-order valence-corrected chi connectivity index (χ0v) is 11.0. The van der Waals surface area contributed by atoms with E-state index in [0.29, 0.717) is 12.0 Å². The quantitative estimate of drug-likeness (QED) is 0.833. The first-order valence-electron chi connectivity index (χ1n) is 6.19. The first-order valence-corrected chi connectivity index (χ1v) is 6.19. The Morgan fingerprint density at radius 1 is 1.44 bits per heavy atom. The SMILES string of the molecule is CCn1nc(C)c(C2CC(N)C2(C)C)c1C.